The number of ether oxygens (including phenoxy) is 2. The summed E-state index contributed by atoms with van der Waals surface area (Å²) in [7, 11) is 0. The van der Waals surface area contributed by atoms with Crippen molar-refractivity contribution < 1.29 is 38.6 Å². The number of aromatic nitrogens is 2. The van der Waals surface area contributed by atoms with Gasteiger partial charge in [0.25, 0.3) is 11.8 Å². The molecule has 2 aliphatic carbocycles. The molecule has 4 N–H and O–H groups in total. The molecule has 3 fully saturated rings. The smallest absolute Gasteiger partial charge is 0.262 e. The fraction of sp³-hybridized carbons (Fsp3) is 0.575. The Bertz CT molecular complexity index is 2010. The summed E-state index contributed by atoms with van der Waals surface area (Å²) in [6.45, 7) is 6.01. The number of thiophene rings is 1. The summed E-state index contributed by atoms with van der Waals surface area (Å²) < 4.78 is 12.6. The van der Waals surface area contributed by atoms with E-state index < -0.39 is 41.7 Å². The molecule has 0 bridgehead atoms. The molecule has 3 aromatic rings. The van der Waals surface area contributed by atoms with Crippen molar-refractivity contribution in [2.75, 3.05) is 45.9 Å². The molecule has 8 rings (SSSR count). The number of nitrogens with one attached hydrogen (secondary N) is 1. The maximum absolute atomic E-state index is 13.4. The standard InChI is InChI=1S/C40H49N7O8S/c41-35(50)29(48)21-24-6-12-30-33(24)34-37(42-22-43-38(34)56-30)55-26-9-7-25(8-10-26)46-16-14-45(15-17-46)18-20-54-19-2-4-23-3-1-5-27-32(23)40(53)47(39(27)52)28-11-13-31(49)44-36(28)51/h1,3,5,22,24-26,28-29,48H,2,4,6-21H2,(H2,41,50)(H,44,49,51)/t24-,25?,26?,28?,29+/m1/s1. The molecule has 5 aliphatic rings. The van der Waals surface area contributed by atoms with Crippen molar-refractivity contribution in [2.45, 2.75) is 101 Å². The highest BCUT2D eigenvalue weighted by Gasteiger charge is 2.45. The number of benzene rings is 1. The van der Waals surface area contributed by atoms with Gasteiger partial charge in [0.2, 0.25) is 23.6 Å². The van der Waals surface area contributed by atoms with Gasteiger partial charge in [0.05, 0.1) is 23.1 Å². The molecule has 5 heterocycles. The molecule has 1 saturated carbocycles. The summed E-state index contributed by atoms with van der Waals surface area (Å²) in [4.78, 5) is 79.3. The molecular formula is C40H49N7O8S. The number of aliphatic hydroxyl groups is 1. The maximum Gasteiger partial charge on any atom is 0.262 e. The highest BCUT2D eigenvalue weighted by atomic mass is 32.1. The van der Waals surface area contributed by atoms with Crippen molar-refractivity contribution >= 4 is 51.1 Å². The molecule has 0 spiro atoms. The average molecular weight is 788 g/mol. The van der Waals surface area contributed by atoms with Crippen LogP contribution < -0.4 is 15.8 Å². The fourth-order valence-corrected chi connectivity index (χ4v) is 10.5. The van der Waals surface area contributed by atoms with E-state index in [9.17, 15) is 29.1 Å². The Morgan fingerprint density at radius 1 is 0.982 bits per heavy atom. The first kappa shape index (κ1) is 38.5. The van der Waals surface area contributed by atoms with Crippen molar-refractivity contribution in [2.24, 2.45) is 5.73 Å². The summed E-state index contributed by atoms with van der Waals surface area (Å²) in [6.07, 6.45) is 8.05. The highest BCUT2D eigenvalue weighted by Crippen LogP contribution is 2.48. The van der Waals surface area contributed by atoms with Crippen molar-refractivity contribution in [3.8, 4) is 5.88 Å². The zero-order chi connectivity index (χ0) is 38.9. The van der Waals surface area contributed by atoms with Crippen molar-refractivity contribution in [1.82, 2.24) is 30.0 Å². The van der Waals surface area contributed by atoms with Crippen LogP contribution in [0.15, 0.2) is 24.5 Å². The normalized spacial score (nSPS) is 25.1. The van der Waals surface area contributed by atoms with Crippen LogP contribution in [-0.4, -0.2) is 130 Å². The number of piperazine rings is 1. The molecule has 56 heavy (non-hydrogen) atoms. The second kappa shape index (κ2) is 16.6. The fourth-order valence-electron chi connectivity index (χ4n) is 9.24. The first-order chi connectivity index (χ1) is 27.2. The monoisotopic (exact) mass is 787 g/mol. The number of fused-ring (bicyclic) bond motifs is 4. The predicted molar refractivity (Wildman–Crippen MR) is 205 cm³/mol. The number of carbonyl (C=O) groups is 5. The number of imide groups is 2. The summed E-state index contributed by atoms with van der Waals surface area (Å²) in [5, 5.41) is 13.4. The van der Waals surface area contributed by atoms with E-state index in [2.05, 4.69) is 25.1 Å². The van der Waals surface area contributed by atoms with Gasteiger partial charge in [-0.25, -0.2) is 9.97 Å². The van der Waals surface area contributed by atoms with Crippen molar-refractivity contribution in [1.29, 1.82) is 0 Å². The number of aliphatic hydroxyl groups excluding tert-OH is 1. The Morgan fingerprint density at radius 2 is 1.79 bits per heavy atom. The lowest BCUT2D eigenvalue weighted by Crippen LogP contribution is -2.54. The van der Waals surface area contributed by atoms with Crippen LogP contribution in [0.2, 0.25) is 0 Å². The number of aryl methyl sites for hydroxylation is 2. The van der Waals surface area contributed by atoms with Crippen LogP contribution in [0.4, 0.5) is 0 Å². The number of amides is 5. The second-order valence-corrected chi connectivity index (χ2v) is 16.7. The van der Waals surface area contributed by atoms with Gasteiger partial charge in [-0.3, -0.25) is 44.0 Å². The number of hydrogen-bond donors (Lipinski definition) is 3. The first-order valence-electron chi connectivity index (χ1n) is 19.9. The van der Waals surface area contributed by atoms with Gasteiger partial charge in [-0.1, -0.05) is 12.1 Å². The average Bonchev–Trinajstić information content (AvgIpc) is 3.84. The van der Waals surface area contributed by atoms with Crippen LogP contribution in [0.3, 0.4) is 0 Å². The molecule has 15 nitrogen and oxygen atoms in total. The van der Waals surface area contributed by atoms with Crippen LogP contribution in [0.5, 0.6) is 5.88 Å². The summed E-state index contributed by atoms with van der Waals surface area (Å²) >= 11 is 1.65. The largest absolute Gasteiger partial charge is 0.474 e. The van der Waals surface area contributed by atoms with E-state index in [0.717, 1.165) is 97.5 Å². The number of carbonyl (C=O) groups excluding carboxylic acids is 5. The zero-order valence-corrected chi connectivity index (χ0v) is 32.3. The van der Waals surface area contributed by atoms with Gasteiger partial charge in [-0.05, 0) is 87.3 Å². The Hall–Kier alpha value is -4.35. The number of hydrogen-bond acceptors (Lipinski definition) is 13. The molecule has 16 heteroatoms. The van der Waals surface area contributed by atoms with Crippen LogP contribution >= 0.6 is 11.3 Å². The lowest BCUT2D eigenvalue weighted by Gasteiger charge is -2.41. The Morgan fingerprint density at radius 3 is 2.55 bits per heavy atom. The SMILES string of the molecule is NC(=O)[C@@H](O)C[C@H]1CCc2sc3ncnc(OC4CCC(N5CCN(CCOCCCc6cccc7c6C(=O)N(C6CCC(=O)NC6=O)C7=O)CC5)CC4)c3c21. The quantitative estimate of drug-likeness (QED) is 0.160. The van der Waals surface area contributed by atoms with Gasteiger partial charge < -0.3 is 20.3 Å². The molecule has 2 saturated heterocycles. The Labute approximate surface area is 328 Å². The highest BCUT2D eigenvalue weighted by molar-refractivity contribution is 7.19. The lowest BCUT2D eigenvalue weighted by molar-refractivity contribution is -0.136. The minimum Gasteiger partial charge on any atom is -0.474 e. The van der Waals surface area contributed by atoms with Gasteiger partial charge in [-0.2, -0.15) is 0 Å². The predicted octanol–water partition coefficient (Wildman–Crippen LogP) is 2.32. The first-order valence-corrected chi connectivity index (χ1v) is 20.8. The second-order valence-electron chi connectivity index (χ2n) is 15.6. The number of rotatable bonds is 14. The lowest BCUT2D eigenvalue weighted by atomic mass is 9.91. The number of primary amides is 1. The van der Waals surface area contributed by atoms with Crippen LogP contribution in [0.1, 0.15) is 100 Å². The Balaban J connectivity index is 0.746. The van der Waals surface area contributed by atoms with Crippen LogP contribution in [0.25, 0.3) is 10.2 Å². The van der Waals surface area contributed by atoms with Crippen LogP contribution in [-0.2, 0) is 32.0 Å². The van der Waals surface area contributed by atoms with E-state index in [1.807, 2.05) is 6.07 Å². The van der Waals surface area contributed by atoms with Gasteiger partial charge in [-0.15, -0.1) is 11.3 Å². The van der Waals surface area contributed by atoms with Crippen molar-refractivity contribution in [3.05, 3.63) is 51.7 Å². The molecule has 3 aliphatic heterocycles. The summed E-state index contributed by atoms with van der Waals surface area (Å²) in [6, 6.07) is 4.79. The third kappa shape index (κ3) is 7.81. The third-order valence-corrected chi connectivity index (χ3v) is 13.4. The van der Waals surface area contributed by atoms with E-state index in [1.54, 1.807) is 29.8 Å². The molecule has 298 valence electrons. The Kier molecular flexibility index (Phi) is 11.4. The van der Waals surface area contributed by atoms with Crippen molar-refractivity contribution in [3.63, 3.8) is 0 Å². The van der Waals surface area contributed by atoms with Gasteiger partial charge in [0.15, 0.2) is 0 Å². The zero-order valence-electron chi connectivity index (χ0n) is 31.5. The summed E-state index contributed by atoms with van der Waals surface area (Å²) in [5.74, 6) is -2.02. The van der Waals surface area contributed by atoms with E-state index >= 15 is 0 Å². The van der Waals surface area contributed by atoms with E-state index in [-0.39, 0.29) is 24.9 Å². The molecular weight excluding hydrogens is 739 g/mol. The molecule has 5 amide bonds. The minimum atomic E-state index is -1.17. The summed E-state index contributed by atoms with van der Waals surface area (Å²) in [5.41, 5.74) is 7.90. The number of piperidine rings is 1. The molecule has 3 atom stereocenters. The van der Waals surface area contributed by atoms with E-state index in [1.165, 1.54) is 4.88 Å². The maximum atomic E-state index is 13.4. The topological polar surface area (TPSA) is 198 Å². The van der Waals surface area contributed by atoms with E-state index in [0.29, 0.717) is 55.5 Å². The molecule has 1 aromatic carbocycles. The van der Waals surface area contributed by atoms with Gasteiger partial charge >= 0.3 is 0 Å². The molecule has 0 radical (unpaired) electrons. The minimum absolute atomic E-state index is 0.0291. The molecule has 1 unspecified atom stereocenters. The van der Waals surface area contributed by atoms with Gasteiger partial charge in [0, 0.05) is 56.7 Å². The van der Waals surface area contributed by atoms with Gasteiger partial charge in [0.1, 0.15) is 29.4 Å². The molecule has 2 aromatic heterocycles. The third-order valence-electron chi connectivity index (χ3n) is 12.2. The van der Waals surface area contributed by atoms with Crippen LogP contribution in [0, 0.1) is 0 Å². The van der Waals surface area contributed by atoms with E-state index in [4.69, 9.17) is 15.2 Å². The number of nitrogens with two attached hydrogens (primary N) is 1. The number of nitrogens with zero attached hydrogens (tertiary/aromatic N) is 5.